The highest BCUT2D eigenvalue weighted by Gasteiger charge is 1.97. The lowest BCUT2D eigenvalue weighted by molar-refractivity contribution is 0.126. The molecule has 0 bridgehead atoms. The Balaban J connectivity index is 3.07. The average Bonchev–Trinajstić information content (AvgIpc) is 1.83. The van der Waals surface area contributed by atoms with Crippen LogP contribution in [0.15, 0.2) is 0 Å². The third-order valence-corrected chi connectivity index (χ3v) is 0.878. The van der Waals surface area contributed by atoms with E-state index in [2.05, 4.69) is 0 Å². The molecule has 50 valence electrons. The number of hydrogen-bond donors (Lipinski definition) is 0. The fraction of sp³-hybridized carbons (Fsp3) is 1.00. The van der Waals surface area contributed by atoms with E-state index in [1.807, 2.05) is 6.92 Å². The molecule has 0 rings (SSSR count). The van der Waals surface area contributed by atoms with Crippen LogP contribution in [0.5, 0.6) is 0 Å². The number of alkyl halides is 2. The predicted molar refractivity (Wildman–Crippen MR) is 28.9 cm³/mol. The zero-order valence-corrected chi connectivity index (χ0v) is 5.03. The molecule has 8 heavy (non-hydrogen) atoms. The van der Waals surface area contributed by atoms with Crippen LogP contribution in [0.3, 0.4) is 0 Å². The maximum atomic E-state index is 11.5. The van der Waals surface area contributed by atoms with Crippen LogP contribution in [0.25, 0.3) is 0 Å². The summed E-state index contributed by atoms with van der Waals surface area (Å²) in [5.74, 6) is 0. The van der Waals surface area contributed by atoms with Crippen molar-refractivity contribution >= 4 is 0 Å². The topological polar surface area (TPSA) is 3.24 Å². The predicted octanol–water partition coefficient (Wildman–Crippen LogP) is 1.55. The van der Waals surface area contributed by atoms with Gasteiger partial charge in [-0.2, -0.15) is 0 Å². The Kier molecular flexibility index (Phi) is 4.85. The molecule has 0 unspecified atom stereocenters. The van der Waals surface area contributed by atoms with Crippen molar-refractivity contribution in [2.45, 2.75) is 13.3 Å². The molecule has 1 nitrogen and oxygen atoms in total. The number of nitrogens with zero attached hydrogens (tertiary/aromatic N) is 1. The Morgan fingerprint density at radius 1 is 1.25 bits per heavy atom. The van der Waals surface area contributed by atoms with Crippen LogP contribution in [0.4, 0.5) is 8.78 Å². The first kappa shape index (κ1) is 7.82. The Morgan fingerprint density at radius 2 is 1.75 bits per heavy atom. The van der Waals surface area contributed by atoms with E-state index in [1.54, 1.807) is 0 Å². The van der Waals surface area contributed by atoms with Gasteiger partial charge < -0.3 is 0 Å². The van der Waals surface area contributed by atoms with Crippen LogP contribution in [-0.4, -0.2) is 25.0 Å². The maximum Gasteiger partial charge on any atom is 0.145 e. The summed E-state index contributed by atoms with van der Waals surface area (Å²) in [6.45, 7) is 1.04. The van der Waals surface area contributed by atoms with Crippen molar-refractivity contribution < 1.29 is 8.78 Å². The third-order valence-electron chi connectivity index (χ3n) is 0.878. The molecule has 0 aliphatic heterocycles. The largest absolute Gasteiger partial charge is 0.249 e. The third kappa shape index (κ3) is 2.91. The number of hydrogen-bond acceptors (Lipinski definition) is 1. The van der Waals surface area contributed by atoms with E-state index in [9.17, 15) is 8.78 Å². The molecule has 0 aromatic rings. The standard InChI is InChI=1S/C5H11F2N/c1-2-3-8(4-6)5-7/h2-5H2,1H3. The van der Waals surface area contributed by atoms with Gasteiger partial charge in [-0.3, -0.25) is 0 Å². The van der Waals surface area contributed by atoms with Gasteiger partial charge in [0.05, 0.1) is 0 Å². The van der Waals surface area contributed by atoms with Crippen molar-refractivity contribution in [1.29, 1.82) is 0 Å². The maximum absolute atomic E-state index is 11.5. The summed E-state index contributed by atoms with van der Waals surface area (Å²) >= 11 is 0. The second kappa shape index (κ2) is 4.97. The van der Waals surface area contributed by atoms with E-state index in [1.165, 1.54) is 0 Å². The minimum absolute atomic E-state index is 0.507. The quantitative estimate of drug-likeness (QED) is 0.513. The first-order chi connectivity index (χ1) is 3.85. The van der Waals surface area contributed by atoms with E-state index in [0.29, 0.717) is 6.54 Å². The summed E-state index contributed by atoms with van der Waals surface area (Å²) in [5, 5.41) is 0. The lowest BCUT2D eigenvalue weighted by Gasteiger charge is -2.10. The van der Waals surface area contributed by atoms with Gasteiger partial charge in [-0.25, -0.2) is 13.7 Å². The van der Waals surface area contributed by atoms with Gasteiger partial charge in [-0.15, -0.1) is 0 Å². The molecule has 0 radical (unpaired) electrons. The fourth-order valence-corrected chi connectivity index (χ4v) is 0.468. The molecular formula is C5H11F2N. The summed E-state index contributed by atoms with van der Waals surface area (Å²) in [6.07, 6.45) is 0.799. The van der Waals surface area contributed by atoms with E-state index in [0.717, 1.165) is 11.3 Å². The minimum atomic E-state index is -0.676. The fourth-order valence-electron chi connectivity index (χ4n) is 0.468. The Morgan fingerprint density at radius 3 is 1.88 bits per heavy atom. The molecule has 0 aliphatic carbocycles. The van der Waals surface area contributed by atoms with Crippen LogP contribution >= 0.6 is 0 Å². The van der Waals surface area contributed by atoms with Crippen molar-refractivity contribution in [1.82, 2.24) is 4.90 Å². The molecule has 0 N–H and O–H groups in total. The van der Waals surface area contributed by atoms with Crippen LogP contribution in [0.2, 0.25) is 0 Å². The van der Waals surface area contributed by atoms with Gasteiger partial charge in [-0.1, -0.05) is 6.92 Å². The molecular weight excluding hydrogens is 112 g/mol. The minimum Gasteiger partial charge on any atom is -0.249 e. The zero-order valence-electron chi connectivity index (χ0n) is 5.03. The zero-order chi connectivity index (χ0) is 6.41. The summed E-state index contributed by atoms with van der Waals surface area (Å²) < 4.78 is 23.1. The average molecular weight is 123 g/mol. The van der Waals surface area contributed by atoms with E-state index >= 15 is 0 Å². The molecule has 0 aromatic carbocycles. The van der Waals surface area contributed by atoms with Gasteiger partial charge in [0, 0.05) is 6.54 Å². The smallest absolute Gasteiger partial charge is 0.145 e. The van der Waals surface area contributed by atoms with Crippen molar-refractivity contribution in [2.75, 3.05) is 20.1 Å². The summed E-state index contributed by atoms with van der Waals surface area (Å²) in [4.78, 5) is 1.10. The number of halogens is 2. The monoisotopic (exact) mass is 123 g/mol. The van der Waals surface area contributed by atoms with Gasteiger partial charge in [0.1, 0.15) is 13.6 Å². The summed E-state index contributed by atoms with van der Waals surface area (Å²) in [7, 11) is 0. The van der Waals surface area contributed by atoms with E-state index in [4.69, 9.17) is 0 Å². The second-order valence-corrected chi connectivity index (χ2v) is 1.63. The number of rotatable bonds is 4. The summed E-state index contributed by atoms with van der Waals surface area (Å²) in [6, 6.07) is 0. The van der Waals surface area contributed by atoms with Crippen molar-refractivity contribution in [3.63, 3.8) is 0 Å². The molecule has 0 saturated carbocycles. The highest BCUT2D eigenvalue weighted by molar-refractivity contribution is 4.41. The van der Waals surface area contributed by atoms with Crippen LogP contribution < -0.4 is 0 Å². The molecule has 3 heteroatoms. The molecule has 0 atom stereocenters. The van der Waals surface area contributed by atoms with Gasteiger partial charge in [0.25, 0.3) is 0 Å². The molecule has 0 heterocycles. The molecule has 0 spiro atoms. The SMILES string of the molecule is CCCN(CF)CF. The summed E-state index contributed by atoms with van der Waals surface area (Å²) in [5.41, 5.74) is 0. The Bertz CT molecular complexity index is 45.7. The van der Waals surface area contributed by atoms with Gasteiger partial charge in [0.15, 0.2) is 0 Å². The van der Waals surface area contributed by atoms with E-state index < -0.39 is 13.6 Å². The van der Waals surface area contributed by atoms with E-state index in [-0.39, 0.29) is 0 Å². The Labute approximate surface area is 48.3 Å². The molecule has 0 amide bonds. The second-order valence-electron chi connectivity index (χ2n) is 1.63. The Hall–Kier alpha value is -0.180. The lowest BCUT2D eigenvalue weighted by Crippen LogP contribution is -2.21. The van der Waals surface area contributed by atoms with Gasteiger partial charge in [0.2, 0.25) is 0 Å². The van der Waals surface area contributed by atoms with Crippen molar-refractivity contribution in [2.24, 2.45) is 0 Å². The highest BCUT2D eigenvalue weighted by atomic mass is 19.1. The van der Waals surface area contributed by atoms with Crippen LogP contribution in [0, 0.1) is 0 Å². The lowest BCUT2D eigenvalue weighted by atomic mass is 10.5. The molecule has 0 fully saturated rings. The molecule has 0 aromatic heterocycles. The van der Waals surface area contributed by atoms with Gasteiger partial charge >= 0.3 is 0 Å². The van der Waals surface area contributed by atoms with Gasteiger partial charge in [-0.05, 0) is 6.42 Å². The highest BCUT2D eigenvalue weighted by Crippen LogP contribution is 1.90. The van der Waals surface area contributed by atoms with Crippen molar-refractivity contribution in [3.05, 3.63) is 0 Å². The molecule has 0 saturated heterocycles. The van der Waals surface area contributed by atoms with Crippen LogP contribution in [0.1, 0.15) is 13.3 Å². The first-order valence-electron chi connectivity index (χ1n) is 2.69. The first-order valence-corrected chi connectivity index (χ1v) is 2.69. The molecule has 0 aliphatic rings. The van der Waals surface area contributed by atoms with Crippen molar-refractivity contribution in [3.8, 4) is 0 Å². The normalized spacial score (nSPS) is 10.5. The van der Waals surface area contributed by atoms with Crippen LogP contribution in [-0.2, 0) is 0 Å².